The molecule has 0 fully saturated rings. The molecule has 2 heterocycles. The Morgan fingerprint density at radius 2 is 2.47 bits per heavy atom. The van der Waals surface area contributed by atoms with Crippen molar-refractivity contribution in [2.75, 3.05) is 6.54 Å². The number of hydrogen-bond donors (Lipinski definition) is 1. The van der Waals surface area contributed by atoms with Gasteiger partial charge < -0.3 is 9.73 Å². The van der Waals surface area contributed by atoms with Crippen LogP contribution in [0.5, 0.6) is 0 Å². The molecule has 0 aliphatic carbocycles. The molecule has 0 bridgehead atoms. The summed E-state index contributed by atoms with van der Waals surface area (Å²) in [5.41, 5.74) is 2.11. The van der Waals surface area contributed by atoms with Crippen LogP contribution < -0.4 is 5.32 Å². The second kappa shape index (κ2) is 4.27. The Labute approximate surface area is 88.1 Å². The SMILES string of the molecule is CCNC(c1ccoc1)c1cnnn1C. The van der Waals surface area contributed by atoms with Crippen LogP contribution in [0, 0.1) is 0 Å². The van der Waals surface area contributed by atoms with Gasteiger partial charge in [0.15, 0.2) is 0 Å². The molecule has 2 rings (SSSR count). The summed E-state index contributed by atoms with van der Waals surface area (Å²) in [5, 5.41) is 11.2. The van der Waals surface area contributed by atoms with Gasteiger partial charge in [0.1, 0.15) is 0 Å². The van der Waals surface area contributed by atoms with E-state index in [0.29, 0.717) is 0 Å². The minimum Gasteiger partial charge on any atom is -0.472 e. The molecule has 0 radical (unpaired) electrons. The van der Waals surface area contributed by atoms with Crippen molar-refractivity contribution in [1.29, 1.82) is 0 Å². The number of aromatic nitrogens is 3. The van der Waals surface area contributed by atoms with Crippen LogP contribution in [0.1, 0.15) is 24.2 Å². The van der Waals surface area contributed by atoms with E-state index in [9.17, 15) is 0 Å². The summed E-state index contributed by atoms with van der Waals surface area (Å²) in [6.45, 7) is 2.94. The largest absolute Gasteiger partial charge is 0.472 e. The van der Waals surface area contributed by atoms with Crippen LogP contribution in [0.15, 0.2) is 29.2 Å². The third-order valence-corrected chi connectivity index (χ3v) is 2.33. The highest BCUT2D eigenvalue weighted by Gasteiger charge is 2.17. The second-order valence-corrected chi connectivity index (χ2v) is 3.33. The van der Waals surface area contributed by atoms with Crippen molar-refractivity contribution in [2.45, 2.75) is 13.0 Å². The number of furan rings is 1. The standard InChI is InChI=1S/C10H14N4O/c1-3-11-10(8-4-5-15-7-8)9-6-12-13-14(9)2/h4-7,10-11H,3H2,1-2H3. The van der Waals surface area contributed by atoms with Crippen LogP contribution in [0.25, 0.3) is 0 Å². The van der Waals surface area contributed by atoms with Crippen molar-refractivity contribution in [3.05, 3.63) is 36.0 Å². The minimum atomic E-state index is 0.0914. The van der Waals surface area contributed by atoms with Gasteiger partial charge in [-0.2, -0.15) is 0 Å². The van der Waals surface area contributed by atoms with Crippen LogP contribution in [-0.2, 0) is 7.05 Å². The second-order valence-electron chi connectivity index (χ2n) is 3.33. The molecule has 0 aliphatic heterocycles. The molecular weight excluding hydrogens is 192 g/mol. The Hall–Kier alpha value is -1.62. The molecule has 0 saturated carbocycles. The van der Waals surface area contributed by atoms with E-state index in [1.54, 1.807) is 23.4 Å². The van der Waals surface area contributed by atoms with Crippen LogP contribution >= 0.6 is 0 Å². The Kier molecular flexibility index (Phi) is 2.82. The maximum absolute atomic E-state index is 5.09. The molecule has 1 N–H and O–H groups in total. The first-order valence-corrected chi connectivity index (χ1v) is 4.93. The molecular formula is C10H14N4O. The molecule has 5 heteroatoms. The predicted molar refractivity (Wildman–Crippen MR) is 55.2 cm³/mol. The molecule has 0 amide bonds. The molecule has 2 aromatic rings. The van der Waals surface area contributed by atoms with E-state index in [1.807, 2.05) is 13.1 Å². The third kappa shape index (κ3) is 1.92. The van der Waals surface area contributed by atoms with Gasteiger partial charge in [0.25, 0.3) is 0 Å². The van der Waals surface area contributed by atoms with E-state index >= 15 is 0 Å². The van der Waals surface area contributed by atoms with Gasteiger partial charge in [0.05, 0.1) is 30.5 Å². The number of hydrogen-bond acceptors (Lipinski definition) is 4. The molecule has 0 spiro atoms. The molecule has 15 heavy (non-hydrogen) atoms. The summed E-state index contributed by atoms with van der Waals surface area (Å²) in [6.07, 6.45) is 5.17. The van der Waals surface area contributed by atoms with E-state index in [1.165, 1.54) is 0 Å². The monoisotopic (exact) mass is 206 g/mol. The Balaban J connectivity index is 2.32. The Morgan fingerprint density at radius 1 is 1.60 bits per heavy atom. The fourth-order valence-corrected chi connectivity index (χ4v) is 1.60. The van der Waals surface area contributed by atoms with Gasteiger partial charge in [-0.15, -0.1) is 5.10 Å². The van der Waals surface area contributed by atoms with Gasteiger partial charge in [-0.3, -0.25) is 4.68 Å². The van der Waals surface area contributed by atoms with Gasteiger partial charge in [-0.05, 0) is 12.6 Å². The van der Waals surface area contributed by atoms with E-state index < -0.39 is 0 Å². The van der Waals surface area contributed by atoms with Crippen molar-refractivity contribution in [3.8, 4) is 0 Å². The molecule has 2 aromatic heterocycles. The van der Waals surface area contributed by atoms with Crippen LogP contribution in [0.4, 0.5) is 0 Å². The number of rotatable bonds is 4. The van der Waals surface area contributed by atoms with Crippen LogP contribution in [0.3, 0.4) is 0 Å². The zero-order valence-corrected chi connectivity index (χ0v) is 8.84. The highest BCUT2D eigenvalue weighted by atomic mass is 16.3. The van der Waals surface area contributed by atoms with E-state index in [-0.39, 0.29) is 6.04 Å². The average molecular weight is 206 g/mol. The summed E-state index contributed by atoms with van der Waals surface area (Å²) in [7, 11) is 1.88. The fraction of sp³-hybridized carbons (Fsp3) is 0.400. The molecule has 0 aromatic carbocycles. The molecule has 80 valence electrons. The van der Waals surface area contributed by atoms with Gasteiger partial charge in [0.2, 0.25) is 0 Å². The van der Waals surface area contributed by atoms with Gasteiger partial charge >= 0.3 is 0 Å². The summed E-state index contributed by atoms with van der Waals surface area (Å²) in [6, 6.07) is 2.04. The minimum absolute atomic E-state index is 0.0914. The topological polar surface area (TPSA) is 55.9 Å². The van der Waals surface area contributed by atoms with E-state index in [0.717, 1.165) is 17.8 Å². The zero-order chi connectivity index (χ0) is 10.7. The number of nitrogens with zero attached hydrogens (tertiary/aromatic N) is 3. The van der Waals surface area contributed by atoms with Crippen molar-refractivity contribution in [1.82, 2.24) is 20.3 Å². The third-order valence-electron chi connectivity index (χ3n) is 2.33. The molecule has 1 unspecified atom stereocenters. The molecule has 0 aliphatic rings. The van der Waals surface area contributed by atoms with E-state index in [2.05, 4.69) is 22.6 Å². The van der Waals surface area contributed by atoms with Crippen molar-refractivity contribution >= 4 is 0 Å². The first kappa shape index (κ1) is 9.92. The van der Waals surface area contributed by atoms with Crippen molar-refractivity contribution in [3.63, 3.8) is 0 Å². The maximum Gasteiger partial charge on any atom is 0.0954 e. The van der Waals surface area contributed by atoms with Crippen LogP contribution in [0.2, 0.25) is 0 Å². The smallest absolute Gasteiger partial charge is 0.0954 e. The lowest BCUT2D eigenvalue weighted by molar-refractivity contribution is 0.539. The van der Waals surface area contributed by atoms with Crippen molar-refractivity contribution < 1.29 is 4.42 Å². The average Bonchev–Trinajstić information content (AvgIpc) is 2.85. The van der Waals surface area contributed by atoms with Crippen LogP contribution in [-0.4, -0.2) is 21.5 Å². The highest BCUT2D eigenvalue weighted by Crippen LogP contribution is 2.20. The summed E-state index contributed by atoms with van der Waals surface area (Å²) in [5.74, 6) is 0. The van der Waals surface area contributed by atoms with Gasteiger partial charge in [-0.25, -0.2) is 0 Å². The fourth-order valence-electron chi connectivity index (χ4n) is 1.60. The molecule has 5 nitrogen and oxygen atoms in total. The first-order valence-electron chi connectivity index (χ1n) is 4.93. The summed E-state index contributed by atoms with van der Waals surface area (Å²) < 4.78 is 6.85. The number of nitrogens with one attached hydrogen (secondary N) is 1. The molecule has 0 saturated heterocycles. The molecule has 1 atom stereocenters. The van der Waals surface area contributed by atoms with Gasteiger partial charge in [0, 0.05) is 12.6 Å². The lowest BCUT2D eigenvalue weighted by atomic mass is 10.1. The Morgan fingerprint density at radius 3 is 3.00 bits per heavy atom. The number of aryl methyl sites for hydroxylation is 1. The summed E-state index contributed by atoms with van der Waals surface area (Å²) >= 11 is 0. The summed E-state index contributed by atoms with van der Waals surface area (Å²) in [4.78, 5) is 0. The van der Waals surface area contributed by atoms with E-state index in [4.69, 9.17) is 4.42 Å². The Bertz CT molecular complexity index is 407. The van der Waals surface area contributed by atoms with Crippen molar-refractivity contribution in [2.24, 2.45) is 7.05 Å². The normalized spacial score (nSPS) is 12.9. The predicted octanol–water partition coefficient (Wildman–Crippen LogP) is 1.11. The zero-order valence-electron chi connectivity index (χ0n) is 8.84. The highest BCUT2D eigenvalue weighted by molar-refractivity contribution is 5.22. The van der Waals surface area contributed by atoms with Gasteiger partial charge in [-0.1, -0.05) is 12.1 Å². The quantitative estimate of drug-likeness (QED) is 0.814. The first-order chi connectivity index (χ1) is 7.33. The lowest BCUT2D eigenvalue weighted by Crippen LogP contribution is -2.23. The lowest BCUT2D eigenvalue weighted by Gasteiger charge is -2.15. The maximum atomic E-state index is 5.09.